The average molecular weight is 274 g/mol. The Morgan fingerprint density at radius 1 is 1.42 bits per heavy atom. The monoisotopic (exact) mass is 274 g/mol. The van der Waals surface area contributed by atoms with Gasteiger partial charge in [-0.15, -0.1) is 0 Å². The standard InChI is InChI=1S/C11H10N6OS/c12-10-9(7-2-1-3-13-4-7)11(19-17-10)14-5-8-15-6-18-16-8/h1-4,6,14H,5H2,(H2,12,17). The predicted molar refractivity (Wildman–Crippen MR) is 71.4 cm³/mol. The topological polar surface area (TPSA) is 103 Å². The van der Waals surface area contributed by atoms with E-state index in [4.69, 9.17) is 5.73 Å². The second-order valence-electron chi connectivity index (χ2n) is 3.71. The van der Waals surface area contributed by atoms with E-state index in [1.54, 1.807) is 12.4 Å². The molecule has 8 heteroatoms. The quantitative estimate of drug-likeness (QED) is 0.747. The molecule has 3 N–H and O–H groups in total. The minimum absolute atomic E-state index is 0.450. The first-order valence-corrected chi connectivity index (χ1v) is 6.26. The van der Waals surface area contributed by atoms with Crippen LogP contribution in [0.25, 0.3) is 11.1 Å². The zero-order valence-corrected chi connectivity index (χ0v) is 10.6. The van der Waals surface area contributed by atoms with Crippen molar-refractivity contribution < 1.29 is 4.52 Å². The van der Waals surface area contributed by atoms with Gasteiger partial charge in [0.05, 0.1) is 12.1 Å². The largest absolute Gasteiger partial charge is 0.382 e. The third-order valence-electron chi connectivity index (χ3n) is 2.48. The molecule has 0 saturated carbocycles. The van der Waals surface area contributed by atoms with E-state index in [2.05, 4.69) is 29.3 Å². The molecule has 3 rings (SSSR count). The molecule has 3 aromatic heterocycles. The van der Waals surface area contributed by atoms with Crippen molar-refractivity contribution in [1.29, 1.82) is 0 Å². The molecule has 0 aromatic carbocycles. The van der Waals surface area contributed by atoms with E-state index >= 15 is 0 Å². The van der Waals surface area contributed by atoms with Crippen LogP contribution in [-0.4, -0.2) is 19.5 Å². The van der Waals surface area contributed by atoms with Gasteiger partial charge in [0.1, 0.15) is 10.8 Å². The van der Waals surface area contributed by atoms with Crippen LogP contribution in [0.1, 0.15) is 5.82 Å². The fourth-order valence-corrected chi connectivity index (χ4v) is 2.37. The molecule has 3 aromatic rings. The van der Waals surface area contributed by atoms with Crippen LogP contribution in [0.2, 0.25) is 0 Å². The van der Waals surface area contributed by atoms with Crippen molar-refractivity contribution in [3.05, 3.63) is 36.7 Å². The highest BCUT2D eigenvalue weighted by Crippen LogP contribution is 2.36. The summed E-state index contributed by atoms with van der Waals surface area (Å²) in [5.74, 6) is 1.05. The van der Waals surface area contributed by atoms with Crippen molar-refractivity contribution in [3.8, 4) is 11.1 Å². The number of hydrogen-bond acceptors (Lipinski definition) is 8. The zero-order valence-electron chi connectivity index (χ0n) is 9.78. The highest BCUT2D eigenvalue weighted by molar-refractivity contribution is 7.11. The summed E-state index contributed by atoms with van der Waals surface area (Å²) < 4.78 is 8.83. The molecule has 96 valence electrons. The number of aromatic nitrogens is 4. The maximum atomic E-state index is 5.90. The number of anilines is 2. The van der Waals surface area contributed by atoms with Crippen molar-refractivity contribution in [1.82, 2.24) is 19.5 Å². The van der Waals surface area contributed by atoms with Crippen LogP contribution in [-0.2, 0) is 6.54 Å². The van der Waals surface area contributed by atoms with Gasteiger partial charge in [0.2, 0.25) is 6.39 Å². The number of nitrogens with one attached hydrogen (secondary N) is 1. The first kappa shape index (κ1) is 11.6. The number of hydrogen-bond donors (Lipinski definition) is 2. The predicted octanol–water partition coefficient (Wildman–Crippen LogP) is 1.78. The normalized spacial score (nSPS) is 10.5. The molecule has 0 amide bonds. The van der Waals surface area contributed by atoms with E-state index in [9.17, 15) is 0 Å². The van der Waals surface area contributed by atoms with Crippen LogP contribution < -0.4 is 11.1 Å². The van der Waals surface area contributed by atoms with E-state index in [-0.39, 0.29) is 0 Å². The van der Waals surface area contributed by atoms with E-state index in [0.717, 1.165) is 16.1 Å². The van der Waals surface area contributed by atoms with Crippen molar-refractivity contribution in [3.63, 3.8) is 0 Å². The van der Waals surface area contributed by atoms with Gasteiger partial charge in [0.25, 0.3) is 0 Å². The smallest absolute Gasteiger partial charge is 0.213 e. The van der Waals surface area contributed by atoms with Gasteiger partial charge < -0.3 is 15.6 Å². The number of nitrogens with two attached hydrogens (primary N) is 1. The van der Waals surface area contributed by atoms with E-state index in [1.807, 2.05) is 12.1 Å². The summed E-state index contributed by atoms with van der Waals surface area (Å²) in [5.41, 5.74) is 7.67. The summed E-state index contributed by atoms with van der Waals surface area (Å²) in [4.78, 5) is 8.03. The first-order valence-electron chi connectivity index (χ1n) is 5.49. The lowest BCUT2D eigenvalue weighted by molar-refractivity contribution is 0.411. The highest BCUT2D eigenvalue weighted by atomic mass is 32.1. The summed E-state index contributed by atoms with van der Waals surface area (Å²) in [7, 11) is 0. The molecule has 0 fully saturated rings. The van der Waals surface area contributed by atoms with Crippen LogP contribution >= 0.6 is 11.5 Å². The first-order chi connectivity index (χ1) is 9.34. The fourth-order valence-electron chi connectivity index (χ4n) is 1.64. The Labute approximate surface area is 112 Å². The minimum Gasteiger partial charge on any atom is -0.382 e. The van der Waals surface area contributed by atoms with Crippen molar-refractivity contribution >= 4 is 22.4 Å². The van der Waals surface area contributed by atoms with Gasteiger partial charge in [-0.3, -0.25) is 4.98 Å². The third-order valence-corrected chi connectivity index (χ3v) is 3.30. The maximum absolute atomic E-state index is 5.90. The number of pyridine rings is 1. The summed E-state index contributed by atoms with van der Waals surface area (Å²) in [6.07, 6.45) is 4.76. The van der Waals surface area contributed by atoms with Crippen molar-refractivity contribution in [2.24, 2.45) is 0 Å². The van der Waals surface area contributed by atoms with E-state index in [0.29, 0.717) is 18.2 Å². The van der Waals surface area contributed by atoms with Gasteiger partial charge in [-0.1, -0.05) is 11.2 Å². The molecule has 0 aliphatic heterocycles. The molecule has 3 heterocycles. The minimum atomic E-state index is 0.450. The molecular formula is C11H10N6OS. The van der Waals surface area contributed by atoms with Crippen LogP contribution in [0.4, 0.5) is 10.8 Å². The molecule has 0 unspecified atom stereocenters. The van der Waals surface area contributed by atoms with Crippen LogP contribution in [0.15, 0.2) is 35.4 Å². The number of nitrogens with zero attached hydrogens (tertiary/aromatic N) is 4. The van der Waals surface area contributed by atoms with Gasteiger partial charge in [0, 0.05) is 18.0 Å². The maximum Gasteiger partial charge on any atom is 0.213 e. The molecular weight excluding hydrogens is 264 g/mol. The molecule has 7 nitrogen and oxygen atoms in total. The Kier molecular flexibility index (Phi) is 3.07. The van der Waals surface area contributed by atoms with Gasteiger partial charge >= 0.3 is 0 Å². The number of nitrogen functional groups attached to an aromatic ring is 1. The van der Waals surface area contributed by atoms with Gasteiger partial charge in [-0.25, -0.2) is 0 Å². The third kappa shape index (κ3) is 2.38. The fraction of sp³-hybridized carbons (Fsp3) is 0.0909. The Morgan fingerprint density at radius 2 is 2.37 bits per heavy atom. The molecule has 0 aliphatic carbocycles. The van der Waals surface area contributed by atoms with Gasteiger partial charge in [0.15, 0.2) is 5.82 Å². The van der Waals surface area contributed by atoms with E-state index < -0.39 is 0 Å². The van der Waals surface area contributed by atoms with Crippen LogP contribution in [0, 0.1) is 0 Å². The Hall–Kier alpha value is -2.48. The highest BCUT2D eigenvalue weighted by Gasteiger charge is 2.14. The van der Waals surface area contributed by atoms with E-state index in [1.165, 1.54) is 17.9 Å². The summed E-state index contributed by atoms with van der Waals surface area (Å²) in [6, 6.07) is 3.79. The summed E-state index contributed by atoms with van der Waals surface area (Å²) in [5, 5.41) is 7.79. The lowest BCUT2D eigenvalue weighted by atomic mass is 10.1. The van der Waals surface area contributed by atoms with Crippen molar-refractivity contribution in [2.45, 2.75) is 6.54 Å². The molecule has 0 atom stereocenters. The molecule has 19 heavy (non-hydrogen) atoms. The lowest BCUT2D eigenvalue weighted by Crippen LogP contribution is -2.01. The second-order valence-corrected chi connectivity index (χ2v) is 4.49. The Morgan fingerprint density at radius 3 is 3.11 bits per heavy atom. The molecule has 0 aliphatic rings. The average Bonchev–Trinajstić information content (AvgIpc) is 3.07. The number of rotatable bonds is 4. The van der Waals surface area contributed by atoms with Gasteiger partial charge in [-0.05, 0) is 17.6 Å². The van der Waals surface area contributed by atoms with Gasteiger partial charge in [-0.2, -0.15) is 9.36 Å². The Bertz CT molecular complexity index is 651. The SMILES string of the molecule is Nc1nsc(NCc2ncon2)c1-c1cccnc1. The molecule has 0 bridgehead atoms. The lowest BCUT2D eigenvalue weighted by Gasteiger charge is -2.04. The zero-order chi connectivity index (χ0) is 13.1. The van der Waals surface area contributed by atoms with Crippen LogP contribution in [0.3, 0.4) is 0 Å². The summed E-state index contributed by atoms with van der Waals surface area (Å²) in [6.45, 7) is 0.450. The second kappa shape index (κ2) is 5.02. The molecule has 0 spiro atoms. The molecule has 0 radical (unpaired) electrons. The summed E-state index contributed by atoms with van der Waals surface area (Å²) >= 11 is 1.29. The molecule has 0 saturated heterocycles. The Balaban J connectivity index is 1.87. The van der Waals surface area contributed by atoms with Crippen LogP contribution in [0.5, 0.6) is 0 Å². The van der Waals surface area contributed by atoms with Crippen molar-refractivity contribution in [2.75, 3.05) is 11.1 Å².